The molecule has 1 amide bonds. The minimum absolute atomic E-state index is 0.205. The third kappa shape index (κ3) is 2.08. The van der Waals surface area contributed by atoms with Crippen LogP contribution >= 0.6 is 23.2 Å². The number of carbonyl (C=O) groups excluding carboxylic acids is 1. The van der Waals surface area contributed by atoms with Crippen molar-refractivity contribution in [2.75, 3.05) is 6.61 Å². The third-order valence-corrected chi connectivity index (χ3v) is 3.98. The van der Waals surface area contributed by atoms with Gasteiger partial charge in [0.2, 0.25) is 0 Å². The molecule has 1 aliphatic heterocycles. The first-order valence-corrected chi connectivity index (χ1v) is 6.63. The number of amides is 1. The standard InChI is InChI=1S/C13H12Cl2N2O2/c1-2-7(6-18)17-10(5-16)11-8(14)3-4-9(15)12(11)13(17)19/h3-4,7,10,18H,2,6H2,1H3. The van der Waals surface area contributed by atoms with Crippen LogP contribution in [-0.4, -0.2) is 28.6 Å². The number of nitrogens with zero attached hydrogens (tertiary/aromatic N) is 2. The van der Waals surface area contributed by atoms with Crippen molar-refractivity contribution >= 4 is 29.1 Å². The molecule has 0 bridgehead atoms. The highest BCUT2D eigenvalue weighted by Crippen LogP contribution is 2.42. The molecule has 0 saturated heterocycles. The Morgan fingerprint density at radius 1 is 1.47 bits per heavy atom. The van der Waals surface area contributed by atoms with E-state index >= 15 is 0 Å². The second-order valence-corrected chi connectivity index (χ2v) is 5.12. The molecular formula is C13H12Cl2N2O2. The van der Waals surface area contributed by atoms with E-state index in [9.17, 15) is 15.2 Å². The molecule has 1 aliphatic rings. The van der Waals surface area contributed by atoms with Gasteiger partial charge in [0.15, 0.2) is 0 Å². The molecule has 0 fully saturated rings. The van der Waals surface area contributed by atoms with Gasteiger partial charge >= 0.3 is 0 Å². The van der Waals surface area contributed by atoms with Crippen molar-refractivity contribution in [2.24, 2.45) is 0 Å². The average molecular weight is 299 g/mol. The number of aliphatic hydroxyl groups excluding tert-OH is 1. The molecule has 2 rings (SSSR count). The summed E-state index contributed by atoms with van der Waals surface area (Å²) in [5.74, 6) is -0.352. The molecule has 6 heteroatoms. The summed E-state index contributed by atoms with van der Waals surface area (Å²) in [7, 11) is 0. The monoisotopic (exact) mass is 298 g/mol. The van der Waals surface area contributed by atoms with Gasteiger partial charge in [0.1, 0.15) is 6.04 Å². The summed E-state index contributed by atoms with van der Waals surface area (Å²) in [6.07, 6.45) is 0.545. The minimum atomic E-state index is -0.800. The van der Waals surface area contributed by atoms with Crippen LogP contribution in [0.3, 0.4) is 0 Å². The summed E-state index contributed by atoms with van der Waals surface area (Å²) in [5, 5.41) is 19.3. The summed E-state index contributed by atoms with van der Waals surface area (Å²) in [6, 6.07) is 3.96. The molecule has 0 aromatic heterocycles. The molecule has 1 aromatic carbocycles. The lowest BCUT2D eigenvalue weighted by Gasteiger charge is -2.28. The molecule has 0 radical (unpaired) electrons. The first kappa shape index (κ1) is 14.1. The lowest BCUT2D eigenvalue weighted by Crippen LogP contribution is -2.40. The van der Waals surface area contributed by atoms with Gasteiger partial charge in [-0.1, -0.05) is 30.1 Å². The summed E-state index contributed by atoms with van der Waals surface area (Å²) < 4.78 is 0. The Hall–Kier alpha value is -1.28. The summed E-state index contributed by atoms with van der Waals surface area (Å²) in [6.45, 7) is 1.64. The van der Waals surface area contributed by atoms with Gasteiger partial charge in [0, 0.05) is 10.6 Å². The maximum Gasteiger partial charge on any atom is 0.257 e. The van der Waals surface area contributed by atoms with Gasteiger partial charge in [-0.05, 0) is 18.6 Å². The molecule has 4 nitrogen and oxygen atoms in total. The maximum absolute atomic E-state index is 12.4. The fourth-order valence-electron chi connectivity index (χ4n) is 2.35. The van der Waals surface area contributed by atoms with Crippen molar-refractivity contribution in [3.63, 3.8) is 0 Å². The first-order chi connectivity index (χ1) is 9.06. The zero-order chi connectivity index (χ0) is 14.2. The highest BCUT2D eigenvalue weighted by Gasteiger charge is 2.42. The number of halogens is 2. The van der Waals surface area contributed by atoms with Crippen molar-refractivity contribution in [2.45, 2.75) is 25.4 Å². The molecule has 100 valence electrons. The quantitative estimate of drug-likeness (QED) is 0.933. The van der Waals surface area contributed by atoms with E-state index in [0.717, 1.165) is 0 Å². The lowest BCUT2D eigenvalue weighted by atomic mass is 10.1. The fraction of sp³-hybridized carbons (Fsp3) is 0.385. The van der Waals surface area contributed by atoms with E-state index in [-0.39, 0.29) is 23.1 Å². The van der Waals surface area contributed by atoms with E-state index in [2.05, 4.69) is 6.07 Å². The van der Waals surface area contributed by atoms with Crippen molar-refractivity contribution in [1.29, 1.82) is 5.26 Å². The van der Waals surface area contributed by atoms with Gasteiger partial charge in [-0.25, -0.2) is 0 Å². The van der Waals surface area contributed by atoms with E-state index in [0.29, 0.717) is 17.0 Å². The Morgan fingerprint density at radius 2 is 2.11 bits per heavy atom. The van der Waals surface area contributed by atoms with Gasteiger partial charge in [0.05, 0.1) is 29.3 Å². The number of rotatable bonds is 3. The Bertz CT molecular complexity index is 564. The lowest BCUT2D eigenvalue weighted by molar-refractivity contribution is 0.0572. The maximum atomic E-state index is 12.4. The van der Waals surface area contributed by atoms with Gasteiger partial charge in [0.25, 0.3) is 5.91 Å². The van der Waals surface area contributed by atoms with Crippen LogP contribution < -0.4 is 0 Å². The van der Waals surface area contributed by atoms with Gasteiger partial charge in [-0.3, -0.25) is 4.79 Å². The number of benzene rings is 1. The van der Waals surface area contributed by atoms with E-state index in [4.69, 9.17) is 23.2 Å². The first-order valence-electron chi connectivity index (χ1n) is 5.87. The molecule has 1 aromatic rings. The third-order valence-electron chi connectivity index (χ3n) is 3.34. The van der Waals surface area contributed by atoms with Crippen LogP contribution in [0.25, 0.3) is 0 Å². The number of hydrogen-bond donors (Lipinski definition) is 1. The fourth-order valence-corrected chi connectivity index (χ4v) is 2.86. The van der Waals surface area contributed by atoms with E-state index in [1.165, 1.54) is 4.90 Å². The van der Waals surface area contributed by atoms with Crippen LogP contribution in [-0.2, 0) is 0 Å². The second-order valence-electron chi connectivity index (χ2n) is 4.31. The second kappa shape index (κ2) is 5.38. The van der Waals surface area contributed by atoms with Crippen molar-refractivity contribution in [3.8, 4) is 6.07 Å². The zero-order valence-corrected chi connectivity index (χ0v) is 11.7. The SMILES string of the molecule is CCC(CO)N1C(=O)c2c(Cl)ccc(Cl)c2C1C#N. The Balaban J connectivity index is 2.61. The van der Waals surface area contributed by atoms with Crippen LogP contribution in [0.2, 0.25) is 10.0 Å². The molecular weight excluding hydrogens is 287 g/mol. The van der Waals surface area contributed by atoms with Crippen molar-refractivity contribution < 1.29 is 9.90 Å². The van der Waals surface area contributed by atoms with Gasteiger partial charge in [-0.15, -0.1) is 0 Å². The zero-order valence-electron chi connectivity index (χ0n) is 10.2. The largest absolute Gasteiger partial charge is 0.394 e. The number of hydrogen-bond acceptors (Lipinski definition) is 3. The molecule has 1 heterocycles. The van der Waals surface area contributed by atoms with E-state index < -0.39 is 12.1 Å². The predicted molar refractivity (Wildman–Crippen MR) is 72.2 cm³/mol. The Kier molecular flexibility index (Phi) is 4.00. The van der Waals surface area contributed by atoms with Crippen LogP contribution in [0.1, 0.15) is 35.3 Å². The number of fused-ring (bicyclic) bond motifs is 1. The number of aliphatic hydroxyl groups is 1. The molecule has 19 heavy (non-hydrogen) atoms. The highest BCUT2D eigenvalue weighted by molar-refractivity contribution is 6.37. The van der Waals surface area contributed by atoms with E-state index in [1.54, 1.807) is 12.1 Å². The van der Waals surface area contributed by atoms with Crippen LogP contribution in [0.5, 0.6) is 0 Å². The summed E-state index contributed by atoms with van der Waals surface area (Å²) in [4.78, 5) is 13.8. The van der Waals surface area contributed by atoms with Crippen LogP contribution in [0.15, 0.2) is 12.1 Å². The highest BCUT2D eigenvalue weighted by atomic mass is 35.5. The predicted octanol–water partition coefficient (Wildman–Crippen LogP) is 2.78. The smallest absolute Gasteiger partial charge is 0.257 e. The van der Waals surface area contributed by atoms with Crippen LogP contribution in [0.4, 0.5) is 0 Å². The number of nitriles is 1. The molecule has 2 unspecified atom stereocenters. The molecule has 0 aliphatic carbocycles. The molecule has 1 N–H and O–H groups in total. The van der Waals surface area contributed by atoms with Gasteiger partial charge in [-0.2, -0.15) is 5.26 Å². The molecule has 0 spiro atoms. The number of carbonyl (C=O) groups is 1. The average Bonchev–Trinajstić information content (AvgIpc) is 2.70. The van der Waals surface area contributed by atoms with Gasteiger partial charge < -0.3 is 10.0 Å². The normalized spacial score (nSPS) is 19.2. The Labute approximate surface area is 121 Å². The molecule has 0 saturated carbocycles. The Morgan fingerprint density at radius 3 is 2.63 bits per heavy atom. The van der Waals surface area contributed by atoms with E-state index in [1.807, 2.05) is 6.92 Å². The van der Waals surface area contributed by atoms with Crippen molar-refractivity contribution in [3.05, 3.63) is 33.3 Å². The minimum Gasteiger partial charge on any atom is -0.394 e. The molecule has 2 atom stereocenters. The summed E-state index contributed by atoms with van der Waals surface area (Å²) >= 11 is 12.1. The topological polar surface area (TPSA) is 64.3 Å². The van der Waals surface area contributed by atoms with Crippen LogP contribution in [0, 0.1) is 11.3 Å². The van der Waals surface area contributed by atoms with Crippen molar-refractivity contribution in [1.82, 2.24) is 4.90 Å². The summed E-state index contributed by atoms with van der Waals surface area (Å²) in [5.41, 5.74) is 0.709.